The number of benzene rings is 1. The molecule has 5 heteroatoms. The van der Waals surface area contributed by atoms with Crippen LogP contribution < -0.4 is 0 Å². The number of carboxylic acid groups (broad SMARTS) is 1. The van der Waals surface area contributed by atoms with Crippen LogP contribution in [0, 0.1) is 5.82 Å². The Balaban J connectivity index is 2.92. The molecule has 2 rings (SSSR count). The number of thiol groups is 1. The summed E-state index contributed by atoms with van der Waals surface area (Å²) in [6.45, 7) is 0. The number of aromatic carboxylic acids is 1. The van der Waals surface area contributed by atoms with Gasteiger partial charge in [0.15, 0.2) is 0 Å². The van der Waals surface area contributed by atoms with Gasteiger partial charge in [0.25, 0.3) is 0 Å². The van der Waals surface area contributed by atoms with Crippen LogP contribution in [0.5, 0.6) is 0 Å². The topological polar surface area (TPSA) is 37.3 Å². The SMILES string of the molecule is O=C(O)c1ccc(F)c2scc(S)c12. The van der Waals surface area contributed by atoms with Gasteiger partial charge < -0.3 is 5.11 Å². The van der Waals surface area contributed by atoms with Crippen molar-refractivity contribution in [1.82, 2.24) is 0 Å². The van der Waals surface area contributed by atoms with E-state index in [1.54, 1.807) is 5.38 Å². The number of hydrogen-bond acceptors (Lipinski definition) is 3. The summed E-state index contributed by atoms with van der Waals surface area (Å²) in [6, 6.07) is 2.42. The lowest BCUT2D eigenvalue weighted by molar-refractivity contribution is 0.0699. The van der Waals surface area contributed by atoms with Crippen LogP contribution in [0.1, 0.15) is 10.4 Å². The van der Waals surface area contributed by atoms with Crippen LogP contribution in [0.3, 0.4) is 0 Å². The van der Waals surface area contributed by atoms with Crippen molar-refractivity contribution >= 4 is 40.0 Å². The highest BCUT2D eigenvalue weighted by Crippen LogP contribution is 2.33. The molecule has 0 unspecified atom stereocenters. The number of hydrogen-bond donors (Lipinski definition) is 2. The smallest absolute Gasteiger partial charge is 0.336 e. The monoisotopic (exact) mass is 228 g/mol. The van der Waals surface area contributed by atoms with E-state index in [-0.39, 0.29) is 5.56 Å². The highest BCUT2D eigenvalue weighted by molar-refractivity contribution is 7.80. The highest BCUT2D eigenvalue weighted by atomic mass is 32.1. The van der Waals surface area contributed by atoms with Crippen LogP contribution in [0.2, 0.25) is 0 Å². The summed E-state index contributed by atoms with van der Waals surface area (Å²) in [5, 5.41) is 10.9. The van der Waals surface area contributed by atoms with Gasteiger partial charge in [-0.1, -0.05) is 0 Å². The minimum Gasteiger partial charge on any atom is -0.478 e. The maximum Gasteiger partial charge on any atom is 0.336 e. The molecule has 0 aliphatic rings. The molecular weight excluding hydrogens is 223 g/mol. The third-order valence-corrected chi connectivity index (χ3v) is 3.40. The van der Waals surface area contributed by atoms with E-state index in [1.807, 2.05) is 0 Å². The summed E-state index contributed by atoms with van der Waals surface area (Å²) in [5.41, 5.74) is 0.0904. The van der Waals surface area contributed by atoms with Crippen molar-refractivity contribution in [3.8, 4) is 0 Å². The lowest BCUT2D eigenvalue weighted by Gasteiger charge is -1.99. The average molecular weight is 228 g/mol. The van der Waals surface area contributed by atoms with Gasteiger partial charge in [-0.25, -0.2) is 9.18 Å². The Labute approximate surface area is 88.4 Å². The fraction of sp³-hybridized carbons (Fsp3) is 0. The predicted molar refractivity (Wildman–Crippen MR) is 56.0 cm³/mol. The zero-order valence-corrected chi connectivity index (χ0v) is 8.53. The molecule has 2 aromatic rings. The Morgan fingerprint density at radius 1 is 1.50 bits per heavy atom. The molecular formula is C9H5FO2S2. The van der Waals surface area contributed by atoms with Crippen LogP contribution in [0.15, 0.2) is 22.4 Å². The van der Waals surface area contributed by atoms with E-state index < -0.39 is 11.8 Å². The third-order valence-electron chi connectivity index (χ3n) is 1.88. The van der Waals surface area contributed by atoms with Crippen LogP contribution in [-0.2, 0) is 0 Å². The van der Waals surface area contributed by atoms with Gasteiger partial charge in [0.05, 0.1) is 10.3 Å². The van der Waals surface area contributed by atoms with Gasteiger partial charge in [-0.3, -0.25) is 0 Å². The molecule has 14 heavy (non-hydrogen) atoms. The van der Waals surface area contributed by atoms with Crippen LogP contribution in [0.4, 0.5) is 4.39 Å². The van der Waals surface area contributed by atoms with E-state index in [9.17, 15) is 9.18 Å². The molecule has 0 aliphatic heterocycles. The molecule has 0 saturated heterocycles. The minimum absolute atomic E-state index is 0.0904. The van der Waals surface area contributed by atoms with Crippen molar-refractivity contribution in [2.24, 2.45) is 0 Å². The Hall–Kier alpha value is -1.07. The van der Waals surface area contributed by atoms with Gasteiger partial charge in [0, 0.05) is 15.7 Å². The van der Waals surface area contributed by atoms with Crippen molar-refractivity contribution in [2.75, 3.05) is 0 Å². The summed E-state index contributed by atoms with van der Waals surface area (Å²) in [4.78, 5) is 11.3. The van der Waals surface area contributed by atoms with E-state index in [4.69, 9.17) is 5.11 Å². The highest BCUT2D eigenvalue weighted by Gasteiger charge is 2.15. The van der Waals surface area contributed by atoms with Crippen molar-refractivity contribution < 1.29 is 14.3 Å². The summed E-state index contributed by atoms with van der Waals surface area (Å²) in [7, 11) is 0. The molecule has 0 bridgehead atoms. The van der Waals surface area contributed by atoms with Crippen molar-refractivity contribution in [3.05, 3.63) is 28.9 Å². The Morgan fingerprint density at radius 3 is 2.86 bits per heavy atom. The van der Waals surface area contributed by atoms with Crippen LogP contribution in [-0.4, -0.2) is 11.1 Å². The standard InChI is InChI=1S/C9H5FO2S2/c10-5-2-1-4(9(11)12)7-6(13)3-14-8(5)7/h1-3,13H,(H,11,12). The number of rotatable bonds is 1. The fourth-order valence-corrected chi connectivity index (χ4v) is 2.61. The number of carboxylic acids is 1. The van der Waals surface area contributed by atoms with E-state index in [0.717, 1.165) is 17.4 Å². The van der Waals surface area contributed by atoms with Crippen LogP contribution >= 0.6 is 24.0 Å². The van der Waals surface area contributed by atoms with Gasteiger partial charge in [0.2, 0.25) is 0 Å². The van der Waals surface area contributed by atoms with E-state index in [0.29, 0.717) is 15.0 Å². The molecule has 1 heterocycles. The maximum atomic E-state index is 13.2. The lowest BCUT2D eigenvalue weighted by atomic mass is 10.1. The molecule has 0 aliphatic carbocycles. The predicted octanol–water partition coefficient (Wildman–Crippen LogP) is 3.03. The number of carbonyl (C=O) groups is 1. The van der Waals surface area contributed by atoms with Gasteiger partial charge in [0.1, 0.15) is 5.82 Å². The molecule has 0 spiro atoms. The number of fused-ring (bicyclic) bond motifs is 1. The normalized spacial score (nSPS) is 10.7. The molecule has 0 radical (unpaired) electrons. The van der Waals surface area contributed by atoms with Gasteiger partial charge in [-0.15, -0.1) is 24.0 Å². The molecule has 2 nitrogen and oxygen atoms in total. The first-order chi connectivity index (χ1) is 6.61. The van der Waals surface area contributed by atoms with E-state index in [2.05, 4.69) is 12.6 Å². The van der Waals surface area contributed by atoms with Gasteiger partial charge >= 0.3 is 5.97 Å². The number of thiophene rings is 1. The quantitative estimate of drug-likeness (QED) is 0.736. The summed E-state index contributed by atoms with van der Waals surface area (Å²) in [5.74, 6) is -1.47. The fourth-order valence-electron chi connectivity index (χ4n) is 1.28. The second-order valence-electron chi connectivity index (χ2n) is 2.73. The molecule has 1 N–H and O–H groups in total. The van der Waals surface area contributed by atoms with E-state index >= 15 is 0 Å². The minimum atomic E-state index is -1.07. The maximum absolute atomic E-state index is 13.2. The molecule has 0 amide bonds. The molecule has 1 aromatic carbocycles. The van der Waals surface area contributed by atoms with E-state index in [1.165, 1.54) is 6.07 Å². The Bertz CT molecular complexity index is 519. The Kier molecular flexibility index (Phi) is 2.20. The van der Waals surface area contributed by atoms with Crippen molar-refractivity contribution in [2.45, 2.75) is 4.90 Å². The van der Waals surface area contributed by atoms with Crippen molar-refractivity contribution in [3.63, 3.8) is 0 Å². The first-order valence-electron chi connectivity index (χ1n) is 3.73. The average Bonchev–Trinajstić information content (AvgIpc) is 2.50. The van der Waals surface area contributed by atoms with Gasteiger partial charge in [-0.05, 0) is 12.1 Å². The molecule has 1 aromatic heterocycles. The molecule has 0 fully saturated rings. The Morgan fingerprint density at radius 2 is 2.21 bits per heavy atom. The third kappa shape index (κ3) is 1.29. The summed E-state index contributed by atoms with van der Waals surface area (Å²) < 4.78 is 13.6. The summed E-state index contributed by atoms with van der Waals surface area (Å²) >= 11 is 5.25. The zero-order chi connectivity index (χ0) is 10.3. The van der Waals surface area contributed by atoms with Crippen LogP contribution in [0.25, 0.3) is 10.1 Å². The molecule has 72 valence electrons. The second-order valence-corrected chi connectivity index (χ2v) is 4.09. The largest absolute Gasteiger partial charge is 0.478 e. The molecule has 0 saturated carbocycles. The lowest BCUT2D eigenvalue weighted by Crippen LogP contribution is -1.97. The second kappa shape index (κ2) is 3.25. The first-order valence-corrected chi connectivity index (χ1v) is 5.06. The van der Waals surface area contributed by atoms with Crippen molar-refractivity contribution in [1.29, 1.82) is 0 Å². The van der Waals surface area contributed by atoms with Gasteiger partial charge in [-0.2, -0.15) is 0 Å². The zero-order valence-electron chi connectivity index (χ0n) is 6.82. The first kappa shape index (κ1) is 9.48. The molecule has 0 atom stereocenters. The summed E-state index contributed by atoms with van der Waals surface area (Å²) in [6.07, 6.45) is 0. The number of halogens is 1.